The monoisotopic (exact) mass is 859 g/mol. The Morgan fingerprint density at radius 3 is 0.836 bits per heavy atom. The van der Waals surface area contributed by atoms with Gasteiger partial charge in [0, 0.05) is 19.3 Å². The van der Waals surface area contributed by atoms with Gasteiger partial charge in [-0.05, 0) is 70.6 Å². The number of carbonyl (C=O) groups is 3. The van der Waals surface area contributed by atoms with Crippen LogP contribution >= 0.6 is 0 Å². The molecule has 0 heterocycles. The maximum atomic E-state index is 12.8. The molecule has 1 atom stereocenters. The van der Waals surface area contributed by atoms with Gasteiger partial charge in [0.2, 0.25) is 0 Å². The summed E-state index contributed by atoms with van der Waals surface area (Å²) in [6, 6.07) is 0. The Morgan fingerprint density at radius 2 is 0.541 bits per heavy atom. The Bertz CT molecular complexity index is 989. The van der Waals surface area contributed by atoms with E-state index in [1.807, 2.05) is 0 Å². The highest BCUT2D eigenvalue weighted by Crippen LogP contribution is 2.16. The average Bonchev–Trinajstić information content (AvgIpc) is 3.26. The topological polar surface area (TPSA) is 78.9 Å². The molecule has 0 aromatic heterocycles. The lowest BCUT2D eigenvalue weighted by Crippen LogP contribution is -2.30. The summed E-state index contributed by atoms with van der Waals surface area (Å²) >= 11 is 0. The highest BCUT2D eigenvalue weighted by molar-refractivity contribution is 5.71. The summed E-state index contributed by atoms with van der Waals surface area (Å²) in [5.74, 6) is -0.871. The number of allylic oxidation sites excluding steroid dienone is 4. The minimum atomic E-state index is -0.772. The van der Waals surface area contributed by atoms with E-state index in [1.165, 1.54) is 186 Å². The molecule has 358 valence electrons. The third kappa shape index (κ3) is 48.8. The number of rotatable bonds is 49. The van der Waals surface area contributed by atoms with Crippen LogP contribution in [0.5, 0.6) is 0 Å². The summed E-state index contributed by atoms with van der Waals surface area (Å²) in [4.78, 5) is 38.0. The number of unbranched alkanes of at least 4 members (excludes halogenated alkanes) is 34. The molecule has 0 saturated heterocycles. The first-order valence-corrected chi connectivity index (χ1v) is 26.8. The van der Waals surface area contributed by atoms with Gasteiger partial charge in [0.25, 0.3) is 0 Å². The second-order valence-corrected chi connectivity index (χ2v) is 18.1. The highest BCUT2D eigenvalue weighted by atomic mass is 16.6. The minimum absolute atomic E-state index is 0.0718. The van der Waals surface area contributed by atoms with Crippen LogP contribution in [-0.4, -0.2) is 37.2 Å². The molecule has 0 N–H and O–H groups in total. The fourth-order valence-electron chi connectivity index (χ4n) is 7.84. The van der Waals surface area contributed by atoms with E-state index in [1.54, 1.807) is 0 Å². The SMILES string of the molecule is CCCCCC/C=C\CCCCCCCCCC(=O)OC(COC(=O)CCCCCCC/C=C\CCCCCCCCC)COC(=O)CCCCCCCCCCCCCC. The first kappa shape index (κ1) is 58.9. The summed E-state index contributed by atoms with van der Waals surface area (Å²) < 4.78 is 16.8. The molecule has 0 aromatic rings. The summed E-state index contributed by atoms with van der Waals surface area (Å²) in [7, 11) is 0. The van der Waals surface area contributed by atoms with Crippen molar-refractivity contribution in [2.24, 2.45) is 0 Å². The highest BCUT2D eigenvalue weighted by Gasteiger charge is 2.19. The van der Waals surface area contributed by atoms with Crippen LogP contribution in [0.2, 0.25) is 0 Å². The lowest BCUT2D eigenvalue weighted by Gasteiger charge is -2.18. The molecule has 0 aromatic carbocycles. The van der Waals surface area contributed by atoms with Crippen LogP contribution < -0.4 is 0 Å². The van der Waals surface area contributed by atoms with Crippen molar-refractivity contribution >= 4 is 17.9 Å². The van der Waals surface area contributed by atoms with E-state index in [0.29, 0.717) is 19.3 Å². The van der Waals surface area contributed by atoms with Crippen molar-refractivity contribution in [3.05, 3.63) is 24.3 Å². The summed E-state index contributed by atoms with van der Waals surface area (Å²) in [5, 5.41) is 0. The first-order valence-electron chi connectivity index (χ1n) is 26.8. The Kier molecular flexibility index (Phi) is 48.8. The van der Waals surface area contributed by atoms with Crippen molar-refractivity contribution in [3.63, 3.8) is 0 Å². The van der Waals surface area contributed by atoms with E-state index in [0.717, 1.165) is 64.2 Å². The summed E-state index contributed by atoms with van der Waals surface area (Å²) in [6.07, 6.45) is 57.3. The third-order valence-corrected chi connectivity index (χ3v) is 11.9. The fraction of sp³-hybridized carbons (Fsp3) is 0.873. The molecular formula is C55H102O6. The maximum absolute atomic E-state index is 12.8. The Balaban J connectivity index is 4.35. The molecule has 61 heavy (non-hydrogen) atoms. The van der Waals surface area contributed by atoms with E-state index in [4.69, 9.17) is 14.2 Å². The van der Waals surface area contributed by atoms with Crippen LogP contribution in [0.25, 0.3) is 0 Å². The zero-order valence-corrected chi connectivity index (χ0v) is 40.9. The van der Waals surface area contributed by atoms with E-state index >= 15 is 0 Å². The van der Waals surface area contributed by atoms with Gasteiger partial charge < -0.3 is 14.2 Å². The molecule has 6 heteroatoms. The number of carbonyl (C=O) groups excluding carboxylic acids is 3. The zero-order valence-electron chi connectivity index (χ0n) is 40.9. The largest absolute Gasteiger partial charge is 0.462 e. The lowest BCUT2D eigenvalue weighted by molar-refractivity contribution is -0.167. The molecule has 0 bridgehead atoms. The van der Waals surface area contributed by atoms with Crippen LogP contribution in [0.4, 0.5) is 0 Å². The third-order valence-electron chi connectivity index (χ3n) is 11.9. The van der Waals surface area contributed by atoms with Crippen LogP contribution in [0.1, 0.15) is 290 Å². The minimum Gasteiger partial charge on any atom is -0.462 e. The Morgan fingerprint density at radius 1 is 0.311 bits per heavy atom. The number of ether oxygens (including phenoxy) is 3. The zero-order chi connectivity index (χ0) is 44.4. The van der Waals surface area contributed by atoms with E-state index in [2.05, 4.69) is 45.1 Å². The molecule has 0 radical (unpaired) electrons. The predicted octanol–water partition coefficient (Wildman–Crippen LogP) is 17.5. The molecule has 0 amide bonds. The van der Waals surface area contributed by atoms with Gasteiger partial charge in [-0.1, -0.05) is 225 Å². The van der Waals surface area contributed by atoms with Crippen molar-refractivity contribution in [1.29, 1.82) is 0 Å². The Labute approximate surface area is 379 Å². The van der Waals surface area contributed by atoms with Crippen LogP contribution in [0.15, 0.2) is 24.3 Å². The van der Waals surface area contributed by atoms with Crippen LogP contribution in [-0.2, 0) is 28.6 Å². The smallest absolute Gasteiger partial charge is 0.306 e. The van der Waals surface area contributed by atoms with Gasteiger partial charge in [-0.3, -0.25) is 14.4 Å². The number of hydrogen-bond acceptors (Lipinski definition) is 6. The van der Waals surface area contributed by atoms with Crippen LogP contribution in [0, 0.1) is 0 Å². The number of esters is 3. The quantitative estimate of drug-likeness (QED) is 0.0262. The molecule has 0 aliphatic rings. The van der Waals surface area contributed by atoms with Crippen LogP contribution in [0.3, 0.4) is 0 Å². The van der Waals surface area contributed by atoms with Crippen molar-refractivity contribution in [1.82, 2.24) is 0 Å². The van der Waals surface area contributed by atoms with Gasteiger partial charge in [0.05, 0.1) is 0 Å². The fourth-order valence-corrected chi connectivity index (χ4v) is 7.84. The number of hydrogen-bond donors (Lipinski definition) is 0. The molecule has 0 rings (SSSR count). The standard InChI is InChI=1S/C55H102O6/c1-4-7-10-13-16-19-22-25-27-29-30-33-36-39-42-45-48-54(57)60-51-52(50-59-53(56)47-44-41-38-35-32-24-21-18-15-12-9-6-3)61-55(58)49-46-43-40-37-34-31-28-26-23-20-17-14-11-8-5-2/h20,23,27,29,52H,4-19,21-22,24-26,28,30-51H2,1-3H3/b23-20-,29-27-. The molecule has 0 aliphatic carbocycles. The van der Waals surface area contributed by atoms with E-state index in [9.17, 15) is 14.4 Å². The molecule has 0 saturated carbocycles. The van der Waals surface area contributed by atoms with Gasteiger partial charge in [0.15, 0.2) is 6.10 Å². The second-order valence-electron chi connectivity index (χ2n) is 18.1. The lowest BCUT2D eigenvalue weighted by atomic mass is 10.0. The average molecular weight is 859 g/mol. The van der Waals surface area contributed by atoms with Crippen molar-refractivity contribution in [3.8, 4) is 0 Å². The van der Waals surface area contributed by atoms with Gasteiger partial charge >= 0.3 is 17.9 Å². The van der Waals surface area contributed by atoms with Gasteiger partial charge in [0.1, 0.15) is 13.2 Å². The van der Waals surface area contributed by atoms with Gasteiger partial charge in [-0.25, -0.2) is 0 Å². The second kappa shape index (κ2) is 50.5. The molecule has 0 aliphatic heterocycles. The predicted molar refractivity (Wildman–Crippen MR) is 261 cm³/mol. The van der Waals surface area contributed by atoms with Crippen molar-refractivity contribution in [2.45, 2.75) is 297 Å². The first-order chi connectivity index (χ1) is 30.0. The molecular weight excluding hydrogens is 757 g/mol. The van der Waals surface area contributed by atoms with Crippen molar-refractivity contribution in [2.75, 3.05) is 13.2 Å². The van der Waals surface area contributed by atoms with Crippen molar-refractivity contribution < 1.29 is 28.6 Å². The maximum Gasteiger partial charge on any atom is 0.306 e. The Hall–Kier alpha value is -2.11. The molecule has 6 nitrogen and oxygen atoms in total. The molecule has 1 unspecified atom stereocenters. The van der Waals surface area contributed by atoms with E-state index < -0.39 is 6.10 Å². The molecule has 0 spiro atoms. The van der Waals surface area contributed by atoms with E-state index in [-0.39, 0.29) is 31.1 Å². The normalized spacial score (nSPS) is 12.1. The summed E-state index contributed by atoms with van der Waals surface area (Å²) in [5.41, 5.74) is 0. The summed E-state index contributed by atoms with van der Waals surface area (Å²) in [6.45, 7) is 6.64. The van der Waals surface area contributed by atoms with Gasteiger partial charge in [-0.15, -0.1) is 0 Å². The van der Waals surface area contributed by atoms with Gasteiger partial charge in [-0.2, -0.15) is 0 Å². The molecule has 0 fully saturated rings.